The molecule has 0 spiro atoms. The normalized spacial score (nSPS) is 15.8. The van der Waals surface area contributed by atoms with E-state index in [0.717, 1.165) is 0 Å². The third-order valence-electron chi connectivity index (χ3n) is 2.61. The fourth-order valence-electron chi connectivity index (χ4n) is 1.55. The Hall–Kier alpha value is -1.08. The van der Waals surface area contributed by atoms with Crippen LogP contribution in [0.2, 0.25) is 0 Å². The molecule has 0 unspecified atom stereocenters. The number of aliphatic hydroxyl groups is 1. The van der Waals surface area contributed by atoms with Crippen molar-refractivity contribution in [2.24, 2.45) is 11.8 Å². The highest BCUT2D eigenvalue weighted by Crippen LogP contribution is 2.15. The van der Waals surface area contributed by atoms with Crippen molar-refractivity contribution in [3.05, 3.63) is 42.0 Å². The first-order valence-corrected chi connectivity index (χ1v) is 5.52. The molecule has 2 atom stereocenters. The Kier molecular flexibility index (Phi) is 4.57. The molecule has 1 aromatic rings. The highest BCUT2D eigenvalue weighted by Gasteiger charge is 2.14. The summed E-state index contributed by atoms with van der Waals surface area (Å²) in [6.07, 6.45) is 3.88. The van der Waals surface area contributed by atoms with Gasteiger partial charge in [-0.2, -0.15) is 0 Å². The standard InChI is InChI=1S/C14H20O/c1-11(2)14(15)12(3)9-10-13-7-5-4-6-8-13/h4-12,14-15H,1-3H3/b10-9+/t12-,14-/m1/s1. The molecule has 82 valence electrons. The summed E-state index contributed by atoms with van der Waals surface area (Å²) in [7, 11) is 0. The van der Waals surface area contributed by atoms with Crippen LogP contribution in [-0.2, 0) is 0 Å². The van der Waals surface area contributed by atoms with E-state index in [1.807, 2.05) is 39.0 Å². The van der Waals surface area contributed by atoms with Crippen LogP contribution in [0.25, 0.3) is 6.08 Å². The van der Waals surface area contributed by atoms with E-state index in [0.29, 0.717) is 5.92 Å². The van der Waals surface area contributed by atoms with E-state index in [2.05, 4.69) is 24.3 Å². The molecule has 1 nitrogen and oxygen atoms in total. The summed E-state index contributed by atoms with van der Waals surface area (Å²) in [5, 5.41) is 9.82. The van der Waals surface area contributed by atoms with E-state index < -0.39 is 0 Å². The third kappa shape index (κ3) is 3.88. The molecule has 0 saturated heterocycles. The van der Waals surface area contributed by atoms with Gasteiger partial charge in [0, 0.05) is 5.92 Å². The van der Waals surface area contributed by atoms with Gasteiger partial charge in [0.2, 0.25) is 0 Å². The zero-order valence-corrected chi connectivity index (χ0v) is 9.72. The van der Waals surface area contributed by atoms with Crippen LogP contribution in [0.1, 0.15) is 26.3 Å². The molecule has 0 aromatic heterocycles. The third-order valence-corrected chi connectivity index (χ3v) is 2.61. The Balaban J connectivity index is 2.58. The van der Waals surface area contributed by atoms with E-state index in [1.54, 1.807) is 0 Å². The van der Waals surface area contributed by atoms with Gasteiger partial charge in [0.25, 0.3) is 0 Å². The maximum atomic E-state index is 9.82. The fourth-order valence-corrected chi connectivity index (χ4v) is 1.55. The topological polar surface area (TPSA) is 20.2 Å². The van der Waals surface area contributed by atoms with Crippen molar-refractivity contribution in [1.82, 2.24) is 0 Å². The van der Waals surface area contributed by atoms with E-state index in [1.165, 1.54) is 5.56 Å². The Morgan fingerprint density at radius 3 is 2.20 bits per heavy atom. The van der Waals surface area contributed by atoms with Crippen LogP contribution in [0.4, 0.5) is 0 Å². The zero-order chi connectivity index (χ0) is 11.3. The minimum atomic E-state index is -0.259. The lowest BCUT2D eigenvalue weighted by atomic mass is 9.94. The first-order chi connectivity index (χ1) is 7.11. The largest absolute Gasteiger partial charge is 0.392 e. The van der Waals surface area contributed by atoms with Gasteiger partial charge in [-0.05, 0) is 11.5 Å². The Morgan fingerprint density at radius 2 is 1.67 bits per heavy atom. The summed E-state index contributed by atoms with van der Waals surface area (Å²) in [4.78, 5) is 0. The van der Waals surface area contributed by atoms with Gasteiger partial charge in [0.05, 0.1) is 6.10 Å². The molecular weight excluding hydrogens is 184 g/mol. The minimum absolute atomic E-state index is 0.199. The smallest absolute Gasteiger partial charge is 0.0623 e. The average Bonchev–Trinajstić information content (AvgIpc) is 2.26. The monoisotopic (exact) mass is 204 g/mol. The van der Waals surface area contributed by atoms with Crippen LogP contribution in [0, 0.1) is 11.8 Å². The minimum Gasteiger partial charge on any atom is -0.392 e. The predicted molar refractivity (Wildman–Crippen MR) is 65.5 cm³/mol. The number of rotatable bonds is 4. The molecule has 0 bridgehead atoms. The molecule has 0 fully saturated rings. The molecule has 15 heavy (non-hydrogen) atoms. The SMILES string of the molecule is CC(C)[C@@H](O)[C@H](C)/C=C/c1ccccc1. The lowest BCUT2D eigenvalue weighted by Crippen LogP contribution is -2.21. The summed E-state index contributed by atoms with van der Waals surface area (Å²) >= 11 is 0. The fraction of sp³-hybridized carbons (Fsp3) is 0.429. The quantitative estimate of drug-likeness (QED) is 0.797. The van der Waals surface area contributed by atoms with Gasteiger partial charge < -0.3 is 5.11 Å². The molecule has 1 heteroatoms. The van der Waals surface area contributed by atoms with Crippen LogP contribution in [0.5, 0.6) is 0 Å². The number of hydrogen-bond acceptors (Lipinski definition) is 1. The Labute approximate surface area is 92.5 Å². The molecule has 1 rings (SSSR count). The van der Waals surface area contributed by atoms with E-state index in [4.69, 9.17) is 0 Å². The zero-order valence-electron chi connectivity index (χ0n) is 9.72. The lowest BCUT2D eigenvalue weighted by molar-refractivity contribution is 0.0914. The van der Waals surface area contributed by atoms with Gasteiger partial charge in [-0.25, -0.2) is 0 Å². The van der Waals surface area contributed by atoms with E-state index in [-0.39, 0.29) is 12.0 Å². The highest BCUT2D eigenvalue weighted by atomic mass is 16.3. The maximum Gasteiger partial charge on any atom is 0.0623 e. The second kappa shape index (κ2) is 5.72. The molecule has 0 saturated carbocycles. The Morgan fingerprint density at radius 1 is 1.07 bits per heavy atom. The van der Waals surface area contributed by atoms with Crippen LogP contribution < -0.4 is 0 Å². The van der Waals surface area contributed by atoms with Crippen LogP contribution in [0.3, 0.4) is 0 Å². The second-order valence-electron chi connectivity index (χ2n) is 4.36. The van der Waals surface area contributed by atoms with Crippen molar-refractivity contribution in [3.63, 3.8) is 0 Å². The van der Waals surface area contributed by atoms with Crippen molar-refractivity contribution in [1.29, 1.82) is 0 Å². The first-order valence-electron chi connectivity index (χ1n) is 5.52. The molecule has 0 aliphatic carbocycles. The number of hydrogen-bond donors (Lipinski definition) is 1. The summed E-state index contributed by atoms with van der Waals surface area (Å²) < 4.78 is 0. The summed E-state index contributed by atoms with van der Waals surface area (Å²) in [5.74, 6) is 0.505. The van der Waals surface area contributed by atoms with Crippen molar-refractivity contribution in [2.45, 2.75) is 26.9 Å². The molecular formula is C14H20O. The van der Waals surface area contributed by atoms with Crippen LogP contribution >= 0.6 is 0 Å². The van der Waals surface area contributed by atoms with Crippen LogP contribution in [-0.4, -0.2) is 11.2 Å². The molecule has 0 aliphatic heterocycles. The van der Waals surface area contributed by atoms with Gasteiger partial charge in [-0.1, -0.05) is 63.3 Å². The maximum absolute atomic E-state index is 9.82. The van der Waals surface area contributed by atoms with Crippen molar-refractivity contribution in [2.75, 3.05) is 0 Å². The van der Waals surface area contributed by atoms with Gasteiger partial charge in [-0.15, -0.1) is 0 Å². The summed E-state index contributed by atoms with van der Waals surface area (Å²) in [5.41, 5.74) is 1.18. The number of aliphatic hydroxyl groups excluding tert-OH is 1. The van der Waals surface area contributed by atoms with Gasteiger partial charge in [0.15, 0.2) is 0 Å². The predicted octanol–water partition coefficient (Wildman–Crippen LogP) is 3.35. The molecule has 0 amide bonds. The molecule has 0 heterocycles. The van der Waals surface area contributed by atoms with Crippen molar-refractivity contribution < 1.29 is 5.11 Å². The first kappa shape index (κ1) is 12.0. The Bertz CT molecular complexity index is 300. The molecule has 1 N–H and O–H groups in total. The summed E-state index contributed by atoms with van der Waals surface area (Å²) in [6, 6.07) is 10.2. The average molecular weight is 204 g/mol. The van der Waals surface area contributed by atoms with E-state index >= 15 is 0 Å². The van der Waals surface area contributed by atoms with E-state index in [9.17, 15) is 5.11 Å². The van der Waals surface area contributed by atoms with Gasteiger partial charge in [0.1, 0.15) is 0 Å². The molecule has 0 aliphatic rings. The lowest BCUT2D eigenvalue weighted by Gasteiger charge is -2.18. The van der Waals surface area contributed by atoms with Gasteiger partial charge in [-0.3, -0.25) is 0 Å². The van der Waals surface area contributed by atoms with Crippen molar-refractivity contribution in [3.8, 4) is 0 Å². The van der Waals surface area contributed by atoms with Gasteiger partial charge >= 0.3 is 0 Å². The highest BCUT2D eigenvalue weighted by molar-refractivity contribution is 5.48. The number of benzene rings is 1. The summed E-state index contributed by atoms with van der Waals surface area (Å²) in [6.45, 7) is 6.12. The second-order valence-corrected chi connectivity index (χ2v) is 4.36. The molecule has 0 radical (unpaired) electrons. The van der Waals surface area contributed by atoms with Crippen molar-refractivity contribution >= 4 is 6.08 Å². The molecule has 1 aromatic carbocycles. The van der Waals surface area contributed by atoms with Crippen LogP contribution in [0.15, 0.2) is 36.4 Å².